The number of hydrogen-bond acceptors (Lipinski definition) is 4. The zero-order valence-corrected chi connectivity index (χ0v) is 9.13. The molecule has 1 aliphatic rings. The molecule has 0 amide bonds. The van der Waals surface area contributed by atoms with Crippen molar-refractivity contribution in [3.05, 3.63) is 0 Å². The van der Waals surface area contributed by atoms with Gasteiger partial charge in [-0.25, -0.2) is 0 Å². The Bertz CT molecular complexity index is 190. The van der Waals surface area contributed by atoms with Gasteiger partial charge in [-0.05, 0) is 19.4 Å². The number of aliphatic hydroxyl groups is 1. The highest BCUT2D eigenvalue weighted by atomic mass is 32.1. The molecule has 1 aliphatic heterocycles. The third-order valence-electron chi connectivity index (χ3n) is 2.35. The first-order valence-electron chi connectivity index (χ1n) is 4.98. The van der Waals surface area contributed by atoms with E-state index >= 15 is 0 Å². The Morgan fingerprint density at radius 1 is 1.57 bits per heavy atom. The lowest BCUT2D eigenvalue weighted by Crippen LogP contribution is -2.47. The molecule has 0 aromatic heterocycles. The van der Waals surface area contributed by atoms with Crippen molar-refractivity contribution in [1.82, 2.24) is 4.90 Å². The summed E-state index contributed by atoms with van der Waals surface area (Å²) in [5.74, 6) is 0. The van der Waals surface area contributed by atoms with E-state index in [1.807, 2.05) is 0 Å². The maximum Gasteiger partial charge on any atom is 0.120 e. The summed E-state index contributed by atoms with van der Waals surface area (Å²) in [7, 11) is 0. The molecule has 0 radical (unpaired) electrons. The second-order valence-corrected chi connectivity index (χ2v) is 3.96. The SMILES string of the molecule is NC(=S)C1CN(CCCCO)CCO1. The van der Waals surface area contributed by atoms with Crippen LogP contribution in [0.25, 0.3) is 0 Å². The van der Waals surface area contributed by atoms with Crippen molar-refractivity contribution in [3.8, 4) is 0 Å². The van der Waals surface area contributed by atoms with Crippen molar-refractivity contribution in [3.63, 3.8) is 0 Å². The van der Waals surface area contributed by atoms with Crippen LogP contribution < -0.4 is 5.73 Å². The molecule has 5 heteroatoms. The van der Waals surface area contributed by atoms with Gasteiger partial charge in [0, 0.05) is 19.7 Å². The lowest BCUT2D eigenvalue weighted by molar-refractivity contribution is 0.00637. The summed E-state index contributed by atoms with van der Waals surface area (Å²) in [5, 5.41) is 8.65. The lowest BCUT2D eigenvalue weighted by Gasteiger charge is -2.32. The Morgan fingerprint density at radius 3 is 3.00 bits per heavy atom. The number of ether oxygens (including phenoxy) is 1. The second kappa shape index (κ2) is 6.29. The van der Waals surface area contributed by atoms with E-state index in [0.29, 0.717) is 11.6 Å². The summed E-state index contributed by atoms with van der Waals surface area (Å²) in [6.45, 7) is 3.68. The summed E-state index contributed by atoms with van der Waals surface area (Å²) < 4.78 is 5.42. The second-order valence-electron chi connectivity index (χ2n) is 3.49. The Kier molecular flexibility index (Phi) is 5.32. The van der Waals surface area contributed by atoms with Crippen LogP contribution in [-0.2, 0) is 4.74 Å². The fraction of sp³-hybridized carbons (Fsp3) is 0.889. The van der Waals surface area contributed by atoms with Gasteiger partial charge in [0.15, 0.2) is 0 Å². The Labute approximate surface area is 90.0 Å². The first kappa shape index (κ1) is 11.8. The molecule has 0 bridgehead atoms. The van der Waals surface area contributed by atoms with Gasteiger partial charge in [0.1, 0.15) is 11.1 Å². The van der Waals surface area contributed by atoms with Crippen molar-refractivity contribution in [2.24, 2.45) is 5.73 Å². The van der Waals surface area contributed by atoms with E-state index in [9.17, 15) is 0 Å². The lowest BCUT2D eigenvalue weighted by atomic mass is 10.2. The number of morpholine rings is 1. The fourth-order valence-corrected chi connectivity index (χ4v) is 1.67. The van der Waals surface area contributed by atoms with Crippen LogP contribution >= 0.6 is 12.2 Å². The van der Waals surface area contributed by atoms with Gasteiger partial charge in [0.05, 0.1) is 6.61 Å². The molecule has 1 rings (SSSR count). The monoisotopic (exact) mass is 218 g/mol. The summed E-state index contributed by atoms with van der Waals surface area (Å²) in [6, 6.07) is 0. The van der Waals surface area contributed by atoms with Crippen molar-refractivity contribution in [2.45, 2.75) is 18.9 Å². The predicted molar refractivity (Wildman–Crippen MR) is 59.3 cm³/mol. The van der Waals surface area contributed by atoms with Gasteiger partial charge in [-0.2, -0.15) is 0 Å². The van der Waals surface area contributed by atoms with E-state index in [0.717, 1.165) is 32.5 Å². The van der Waals surface area contributed by atoms with Crippen molar-refractivity contribution >= 4 is 17.2 Å². The van der Waals surface area contributed by atoms with Crippen LogP contribution in [0, 0.1) is 0 Å². The third-order valence-corrected chi connectivity index (χ3v) is 2.61. The van der Waals surface area contributed by atoms with Crippen molar-refractivity contribution in [1.29, 1.82) is 0 Å². The van der Waals surface area contributed by atoms with Gasteiger partial charge in [-0.15, -0.1) is 0 Å². The summed E-state index contributed by atoms with van der Waals surface area (Å²) in [6.07, 6.45) is 1.78. The van der Waals surface area contributed by atoms with Crippen LogP contribution in [0.5, 0.6) is 0 Å². The first-order valence-corrected chi connectivity index (χ1v) is 5.39. The fourth-order valence-electron chi connectivity index (χ4n) is 1.52. The Balaban J connectivity index is 2.22. The van der Waals surface area contributed by atoms with Gasteiger partial charge >= 0.3 is 0 Å². The number of hydrogen-bond donors (Lipinski definition) is 2. The minimum Gasteiger partial charge on any atom is -0.396 e. The van der Waals surface area contributed by atoms with Crippen LogP contribution in [0.3, 0.4) is 0 Å². The molecule has 0 aliphatic carbocycles. The van der Waals surface area contributed by atoms with Crippen molar-refractivity contribution < 1.29 is 9.84 Å². The highest BCUT2D eigenvalue weighted by Gasteiger charge is 2.21. The Hall–Kier alpha value is -0.230. The topological polar surface area (TPSA) is 58.7 Å². The van der Waals surface area contributed by atoms with E-state index < -0.39 is 0 Å². The van der Waals surface area contributed by atoms with E-state index in [-0.39, 0.29) is 12.7 Å². The molecule has 82 valence electrons. The summed E-state index contributed by atoms with van der Waals surface area (Å²) in [5.41, 5.74) is 5.52. The molecule has 1 unspecified atom stereocenters. The number of unbranched alkanes of at least 4 members (excludes halogenated alkanes) is 1. The third kappa shape index (κ3) is 3.88. The van der Waals surface area contributed by atoms with E-state index in [2.05, 4.69) is 4.90 Å². The zero-order valence-electron chi connectivity index (χ0n) is 8.32. The smallest absolute Gasteiger partial charge is 0.120 e. The minimum absolute atomic E-state index is 0.0899. The molecule has 3 N–H and O–H groups in total. The number of rotatable bonds is 5. The number of nitrogens with zero attached hydrogens (tertiary/aromatic N) is 1. The van der Waals surface area contributed by atoms with Crippen LogP contribution in [0.2, 0.25) is 0 Å². The molecule has 1 saturated heterocycles. The molecule has 1 atom stereocenters. The maximum atomic E-state index is 8.65. The molecule has 0 aromatic carbocycles. The molecule has 1 fully saturated rings. The van der Waals surface area contributed by atoms with Gasteiger partial charge in [0.25, 0.3) is 0 Å². The van der Waals surface area contributed by atoms with Crippen LogP contribution in [0.4, 0.5) is 0 Å². The highest BCUT2D eigenvalue weighted by molar-refractivity contribution is 7.80. The quantitative estimate of drug-likeness (QED) is 0.492. The molecule has 0 saturated carbocycles. The standard InChI is InChI=1S/C9H18N2O2S/c10-9(14)8-7-11(4-6-13-8)3-1-2-5-12/h8,12H,1-7H2,(H2,10,14). The number of thiocarbonyl (C=S) groups is 1. The largest absolute Gasteiger partial charge is 0.396 e. The number of nitrogens with two attached hydrogens (primary N) is 1. The highest BCUT2D eigenvalue weighted by Crippen LogP contribution is 2.06. The molecule has 14 heavy (non-hydrogen) atoms. The molecular weight excluding hydrogens is 200 g/mol. The summed E-state index contributed by atoms with van der Waals surface area (Å²) in [4.78, 5) is 2.72. The number of aliphatic hydroxyl groups excluding tert-OH is 1. The van der Waals surface area contributed by atoms with Gasteiger partial charge in [0.2, 0.25) is 0 Å². The normalized spacial score (nSPS) is 23.6. The van der Waals surface area contributed by atoms with Crippen LogP contribution in [0.1, 0.15) is 12.8 Å². The zero-order chi connectivity index (χ0) is 10.4. The van der Waals surface area contributed by atoms with Gasteiger partial charge in [-0.1, -0.05) is 12.2 Å². The van der Waals surface area contributed by atoms with E-state index in [4.69, 9.17) is 27.8 Å². The summed E-state index contributed by atoms with van der Waals surface area (Å²) >= 11 is 4.89. The van der Waals surface area contributed by atoms with Gasteiger partial charge in [-0.3, -0.25) is 4.90 Å². The average Bonchev–Trinajstić information content (AvgIpc) is 2.19. The maximum absolute atomic E-state index is 8.65. The molecular formula is C9H18N2O2S. The first-order chi connectivity index (χ1) is 6.74. The van der Waals surface area contributed by atoms with Crippen LogP contribution in [0.15, 0.2) is 0 Å². The molecule has 1 heterocycles. The Morgan fingerprint density at radius 2 is 2.36 bits per heavy atom. The van der Waals surface area contributed by atoms with Gasteiger partial charge < -0.3 is 15.6 Å². The molecule has 4 nitrogen and oxygen atoms in total. The van der Waals surface area contributed by atoms with Crippen LogP contribution in [-0.4, -0.2) is 53.9 Å². The predicted octanol–water partition coefficient (Wildman–Crippen LogP) is -0.254. The minimum atomic E-state index is -0.0899. The average molecular weight is 218 g/mol. The van der Waals surface area contributed by atoms with Crippen molar-refractivity contribution in [2.75, 3.05) is 32.8 Å². The van der Waals surface area contributed by atoms with E-state index in [1.165, 1.54) is 0 Å². The molecule has 0 spiro atoms. The van der Waals surface area contributed by atoms with E-state index in [1.54, 1.807) is 0 Å². The molecule has 0 aromatic rings.